The number of ether oxygens (including phenoxy) is 1. The lowest BCUT2D eigenvalue weighted by molar-refractivity contribution is 0.172. The molecule has 2 aromatic rings. The van der Waals surface area contributed by atoms with Gasteiger partial charge < -0.3 is 19.5 Å². The predicted octanol–water partition coefficient (Wildman–Crippen LogP) is 3.55. The summed E-state index contributed by atoms with van der Waals surface area (Å²) in [6.07, 6.45) is 0. The van der Waals surface area contributed by atoms with Crippen LogP contribution < -0.4 is 10.1 Å². The number of aryl methyl sites for hydroxylation is 2. The Kier molecular flexibility index (Phi) is 9.54. The number of aromatic nitrogens is 1. The number of piperazine rings is 1. The average Bonchev–Trinajstić information content (AvgIpc) is 3.07. The summed E-state index contributed by atoms with van der Waals surface area (Å²) in [5.41, 5.74) is 3.06. The van der Waals surface area contributed by atoms with Crippen LogP contribution >= 0.6 is 24.0 Å². The van der Waals surface area contributed by atoms with Crippen LogP contribution in [0, 0.1) is 19.7 Å². The van der Waals surface area contributed by atoms with E-state index >= 15 is 0 Å². The highest BCUT2D eigenvalue weighted by molar-refractivity contribution is 14.0. The molecule has 1 aromatic carbocycles. The average molecular weight is 545 g/mol. The van der Waals surface area contributed by atoms with Crippen molar-refractivity contribution in [2.24, 2.45) is 4.99 Å². The number of rotatable bonds is 6. The first-order valence-electron chi connectivity index (χ1n) is 10.4. The lowest BCUT2D eigenvalue weighted by atomic mass is 10.00. The van der Waals surface area contributed by atoms with Gasteiger partial charge in [0.25, 0.3) is 0 Å². The molecule has 2 heterocycles. The fraction of sp³-hybridized carbons (Fsp3) is 0.545. The Balaban J connectivity index is 0.00000341. The van der Waals surface area contributed by atoms with Crippen LogP contribution in [0.2, 0.25) is 0 Å². The van der Waals surface area contributed by atoms with Crippen LogP contribution in [0.4, 0.5) is 4.39 Å². The van der Waals surface area contributed by atoms with Crippen molar-refractivity contribution in [1.29, 1.82) is 0 Å². The van der Waals surface area contributed by atoms with Crippen molar-refractivity contribution in [3.63, 3.8) is 0 Å². The fourth-order valence-corrected chi connectivity index (χ4v) is 4.06. The van der Waals surface area contributed by atoms with E-state index in [2.05, 4.69) is 32.2 Å². The van der Waals surface area contributed by atoms with Crippen LogP contribution in [0.5, 0.6) is 5.75 Å². The zero-order chi connectivity index (χ0) is 21.7. The molecule has 1 unspecified atom stereocenters. The molecule has 0 aliphatic carbocycles. The summed E-state index contributed by atoms with van der Waals surface area (Å²) < 4.78 is 24.2. The Hall–Kier alpha value is -1.88. The monoisotopic (exact) mass is 545 g/mol. The SMILES string of the molecule is CN=C(NCC(C)c1c(C)noc1C)N1CCN(Cc2ccc(OC)c(F)c2)CC1.I. The zero-order valence-corrected chi connectivity index (χ0v) is 21.3. The maximum atomic E-state index is 13.9. The Morgan fingerprint density at radius 3 is 2.55 bits per heavy atom. The van der Waals surface area contributed by atoms with Crippen LogP contribution in [0.25, 0.3) is 0 Å². The Morgan fingerprint density at radius 1 is 1.29 bits per heavy atom. The highest BCUT2D eigenvalue weighted by Gasteiger charge is 2.22. The van der Waals surface area contributed by atoms with Crippen molar-refractivity contribution in [3.8, 4) is 5.75 Å². The standard InChI is InChI=1S/C22H32FN5O2.HI/c1-15(21-16(2)26-30-17(21)3)13-25-22(24-4)28-10-8-27(9-11-28)14-18-6-7-20(29-5)19(23)12-18;/h6-7,12,15H,8-11,13-14H2,1-5H3,(H,24,25);1H. The summed E-state index contributed by atoms with van der Waals surface area (Å²) in [7, 11) is 3.29. The second kappa shape index (κ2) is 11.7. The van der Waals surface area contributed by atoms with E-state index in [1.807, 2.05) is 27.0 Å². The molecule has 0 radical (unpaired) electrons. The third-order valence-corrected chi connectivity index (χ3v) is 5.65. The molecule has 172 valence electrons. The molecule has 0 bridgehead atoms. The zero-order valence-electron chi connectivity index (χ0n) is 18.9. The van der Waals surface area contributed by atoms with Crippen molar-refractivity contribution in [2.45, 2.75) is 33.2 Å². The molecule has 1 aromatic heterocycles. The van der Waals surface area contributed by atoms with Crippen LogP contribution in [0.15, 0.2) is 27.7 Å². The van der Waals surface area contributed by atoms with Gasteiger partial charge in [0.2, 0.25) is 0 Å². The first-order chi connectivity index (χ1) is 14.4. The number of methoxy groups -OCH3 is 1. The van der Waals surface area contributed by atoms with Crippen molar-refractivity contribution in [2.75, 3.05) is 46.9 Å². The number of halogens is 2. The third kappa shape index (κ3) is 6.31. The number of hydrogen-bond donors (Lipinski definition) is 1. The fourth-order valence-electron chi connectivity index (χ4n) is 4.06. The molecule has 1 aliphatic heterocycles. The second-order valence-electron chi connectivity index (χ2n) is 7.80. The van der Waals surface area contributed by atoms with Gasteiger partial charge in [-0.1, -0.05) is 18.1 Å². The van der Waals surface area contributed by atoms with Crippen LogP contribution in [-0.4, -0.2) is 67.8 Å². The molecule has 9 heteroatoms. The smallest absolute Gasteiger partial charge is 0.193 e. The highest BCUT2D eigenvalue weighted by Crippen LogP contribution is 2.22. The van der Waals surface area contributed by atoms with E-state index in [1.165, 1.54) is 7.11 Å². The van der Waals surface area contributed by atoms with E-state index in [9.17, 15) is 4.39 Å². The van der Waals surface area contributed by atoms with Crippen LogP contribution in [-0.2, 0) is 6.54 Å². The van der Waals surface area contributed by atoms with Crippen molar-refractivity contribution in [1.82, 2.24) is 20.3 Å². The number of guanidine groups is 1. The van der Waals surface area contributed by atoms with Gasteiger partial charge in [-0.15, -0.1) is 24.0 Å². The first kappa shape index (κ1) is 25.4. The largest absolute Gasteiger partial charge is 0.494 e. The Morgan fingerprint density at radius 2 is 2.00 bits per heavy atom. The van der Waals surface area contributed by atoms with Gasteiger partial charge in [0.05, 0.1) is 12.8 Å². The molecule has 1 N–H and O–H groups in total. The minimum atomic E-state index is -0.314. The summed E-state index contributed by atoms with van der Waals surface area (Å²) in [6.45, 7) is 11.1. The molecular formula is C22H33FIN5O2. The second-order valence-corrected chi connectivity index (χ2v) is 7.80. The number of hydrogen-bond acceptors (Lipinski definition) is 5. The maximum absolute atomic E-state index is 13.9. The normalized spacial score (nSPS) is 16.1. The molecule has 0 spiro atoms. The van der Waals surface area contributed by atoms with Gasteiger partial charge in [0, 0.05) is 57.8 Å². The Labute approximate surface area is 201 Å². The van der Waals surface area contributed by atoms with E-state index in [0.717, 1.165) is 67.8 Å². The molecule has 7 nitrogen and oxygen atoms in total. The van der Waals surface area contributed by atoms with E-state index in [-0.39, 0.29) is 41.5 Å². The third-order valence-electron chi connectivity index (χ3n) is 5.65. The molecular weight excluding hydrogens is 512 g/mol. The number of nitrogens with one attached hydrogen (secondary N) is 1. The number of nitrogens with zero attached hydrogens (tertiary/aromatic N) is 4. The van der Waals surface area contributed by atoms with Crippen LogP contribution in [0.1, 0.15) is 35.4 Å². The van der Waals surface area contributed by atoms with E-state index in [4.69, 9.17) is 9.26 Å². The molecule has 1 aliphatic rings. The molecule has 0 amide bonds. The lowest BCUT2D eigenvalue weighted by Gasteiger charge is -2.36. The number of aliphatic imine (C=N–C) groups is 1. The van der Waals surface area contributed by atoms with E-state index < -0.39 is 0 Å². The van der Waals surface area contributed by atoms with Gasteiger partial charge in [-0.2, -0.15) is 0 Å². The lowest BCUT2D eigenvalue weighted by Crippen LogP contribution is -2.52. The summed E-state index contributed by atoms with van der Waals surface area (Å²) in [4.78, 5) is 9.06. The van der Waals surface area contributed by atoms with Crippen molar-refractivity contribution < 1.29 is 13.7 Å². The minimum absolute atomic E-state index is 0. The number of benzene rings is 1. The van der Waals surface area contributed by atoms with Gasteiger partial charge >= 0.3 is 0 Å². The molecule has 31 heavy (non-hydrogen) atoms. The van der Waals surface area contributed by atoms with Crippen molar-refractivity contribution >= 4 is 29.9 Å². The van der Waals surface area contributed by atoms with E-state index in [0.29, 0.717) is 0 Å². The van der Waals surface area contributed by atoms with Gasteiger partial charge in [-0.3, -0.25) is 9.89 Å². The summed E-state index contributed by atoms with van der Waals surface area (Å²) in [5.74, 6) is 2.03. The molecule has 1 atom stereocenters. The van der Waals surface area contributed by atoms with Gasteiger partial charge in [-0.05, 0) is 31.5 Å². The molecule has 3 rings (SSSR count). The van der Waals surface area contributed by atoms with Gasteiger partial charge in [0.1, 0.15) is 5.76 Å². The van der Waals surface area contributed by atoms with Crippen LogP contribution in [0.3, 0.4) is 0 Å². The molecule has 1 saturated heterocycles. The Bertz CT molecular complexity index is 861. The quantitative estimate of drug-likeness (QED) is 0.341. The van der Waals surface area contributed by atoms with Gasteiger partial charge in [0.15, 0.2) is 17.5 Å². The minimum Gasteiger partial charge on any atom is -0.494 e. The van der Waals surface area contributed by atoms with Gasteiger partial charge in [-0.25, -0.2) is 4.39 Å². The topological polar surface area (TPSA) is 66.1 Å². The summed E-state index contributed by atoms with van der Waals surface area (Å²) >= 11 is 0. The highest BCUT2D eigenvalue weighted by atomic mass is 127. The predicted molar refractivity (Wildman–Crippen MR) is 131 cm³/mol. The maximum Gasteiger partial charge on any atom is 0.193 e. The summed E-state index contributed by atoms with van der Waals surface area (Å²) in [5, 5.41) is 7.54. The molecule has 0 saturated carbocycles. The summed E-state index contributed by atoms with van der Waals surface area (Å²) in [6, 6.07) is 5.17. The van der Waals surface area contributed by atoms with Crippen molar-refractivity contribution in [3.05, 3.63) is 46.6 Å². The van der Waals surface area contributed by atoms with E-state index in [1.54, 1.807) is 12.1 Å². The molecule has 1 fully saturated rings. The first-order valence-corrected chi connectivity index (χ1v) is 10.4.